The third kappa shape index (κ3) is 4.20. The van der Waals surface area contributed by atoms with Crippen LogP contribution in [0.2, 0.25) is 0 Å². The van der Waals surface area contributed by atoms with Gasteiger partial charge in [-0.1, -0.05) is 23.4 Å². The van der Waals surface area contributed by atoms with Crippen molar-refractivity contribution in [2.24, 2.45) is 0 Å². The van der Waals surface area contributed by atoms with E-state index in [2.05, 4.69) is 20.4 Å². The maximum absolute atomic E-state index is 12.3. The molecule has 0 aliphatic rings. The predicted octanol–water partition coefficient (Wildman–Crippen LogP) is 2.71. The van der Waals surface area contributed by atoms with Gasteiger partial charge in [-0.15, -0.1) is 0 Å². The number of ether oxygens (including phenoxy) is 1. The lowest BCUT2D eigenvalue weighted by atomic mass is 10.0. The van der Waals surface area contributed by atoms with Crippen molar-refractivity contribution < 1.29 is 14.1 Å². The van der Waals surface area contributed by atoms with Gasteiger partial charge in [0.2, 0.25) is 0 Å². The molecule has 0 saturated heterocycles. The monoisotopic (exact) mass is 338 g/mol. The third-order valence-electron chi connectivity index (χ3n) is 3.49. The van der Waals surface area contributed by atoms with E-state index < -0.39 is 5.54 Å². The Kier molecular flexibility index (Phi) is 4.74. The number of aromatic nitrogens is 3. The molecule has 7 heteroatoms. The topological polar surface area (TPSA) is 90.1 Å². The maximum Gasteiger partial charge on any atom is 0.264 e. The van der Waals surface area contributed by atoms with E-state index in [0.29, 0.717) is 23.0 Å². The summed E-state index contributed by atoms with van der Waals surface area (Å²) in [4.78, 5) is 20.6. The van der Waals surface area contributed by atoms with E-state index in [1.807, 2.05) is 32.0 Å². The minimum atomic E-state index is -0.789. The van der Waals surface area contributed by atoms with Crippen LogP contribution >= 0.6 is 0 Å². The molecule has 0 unspecified atom stereocenters. The molecule has 3 aromatic rings. The molecule has 0 aliphatic carbocycles. The molecule has 0 fully saturated rings. The number of amides is 1. The van der Waals surface area contributed by atoms with Crippen molar-refractivity contribution in [1.29, 1.82) is 0 Å². The van der Waals surface area contributed by atoms with Gasteiger partial charge in [0, 0.05) is 11.8 Å². The van der Waals surface area contributed by atoms with E-state index >= 15 is 0 Å². The maximum atomic E-state index is 12.3. The number of nitrogens with one attached hydrogen (secondary N) is 1. The van der Waals surface area contributed by atoms with Crippen LogP contribution in [0.1, 0.15) is 35.9 Å². The van der Waals surface area contributed by atoms with E-state index in [9.17, 15) is 4.79 Å². The zero-order valence-corrected chi connectivity index (χ0v) is 14.0. The van der Waals surface area contributed by atoms with Crippen molar-refractivity contribution in [3.05, 3.63) is 72.1 Å². The average Bonchev–Trinajstić information content (AvgIpc) is 3.11. The third-order valence-corrected chi connectivity index (χ3v) is 3.49. The standard InChI is InChI=1S/C18H18N4O3/c1-18(2,21-16(23)13-7-4-3-5-8-13)17-20-15(25-22-17)12-24-14-9-6-10-19-11-14/h3-11H,12H2,1-2H3,(H,21,23). The zero-order valence-electron chi connectivity index (χ0n) is 14.0. The molecule has 3 rings (SSSR count). The minimum Gasteiger partial charge on any atom is -0.482 e. The molecule has 0 bridgehead atoms. The van der Waals surface area contributed by atoms with Crippen LogP contribution in [-0.4, -0.2) is 21.0 Å². The molecular formula is C18H18N4O3. The van der Waals surface area contributed by atoms with E-state index in [1.165, 1.54) is 0 Å². The largest absolute Gasteiger partial charge is 0.482 e. The zero-order chi connectivity index (χ0) is 17.7. The summed E-state index contributed by atoms with van der Waals surface area (Å²) < 4.78 is 10.7. The molecule has 2 heterocycles. The lowest BCUT2D eigenvalue weighted by Crippen LogP contribution is -2.41. The lowest BCUT2D eigenvalue weighted by Gasteiger charge is -2.22. The normalized spacial score (nSPS) is 11.1. The van der Waals surface area contributed by atoms with Gasteiger partial charge in [-0.2, -0.15) is 4.98 Å². The second kappa shape index (κ2) is 7.12. The quantitative estimate of drug-likeness (QED) is 0.743. The van der Waals surface area contributed by atoms with Crippen LogP contribution in [0.25, 0.3) is 0 Å². The van der Waals surface area contributed by atoms with Crippen molar-refractivity contribution in [3.63, 3.8) is 0 Å². The fourth-order valence-electron chi connectivity index (χ4n) is 2.15. The number of hydrogen-bond acceptors (Lipinski definition) is 6. The van der Waals surface area contributed by atoms with E-state index in [1.54, 1.807) is 36.7 Å². The summed E-state index contributed by atoms with van der Waals surface area (Å²) in [5.74, 6) is 1.10. The Hall–Kier alpha value is -3.22. The first-order valence-electron chi connectivity index (χ1n) is 7.78. The molecule has 128 valence electrons. The summed E-state index contributed by atoms with van der Waals surface area (Å²) in [7, 11) is 0. The molecule has 0 radical (unpaired) electrons. The highest BCUT2D eigenvalue weighted by atomic mass is 16.5. The summed E-state index contributed by atoms with van der Waals surface area (Å²) in [6.07, 6.45) is 3.26. The van der Waals surface area contributed by atoms with Gasteiger partial charge in [0.05, 0.1) is 11.7 Å². The van der Waals surface area contributed by atoms with Gasteiger partial charge in [0.15, 0.2) is 12.4 Å². The number of carbonyl (C=O) groups excluding carboxylic acids is 1. The van der Waals surface area contributed by atoms with Crippen LogP contribution < -0.4 is 10.1 Å². The summed E-state index contributed by atoms with van der Waals surface area (Å²) in [6.45, 7) is 3.75. The molecule has 2 aromatic heterocycles. The second-order valence-electron chi connectivity index (χ2n) is 5.93. The van der Waals surface area contributed by atoms with Gasteiger partial charge >= 0.3 is 0 Å². The highest BCUT2D eigenvalue weighted by Gasteiger charge is 2.29. The molecule has 1 N–H and O–H groups in total. The van der Waals surface area contributed by atoms with E-state index in [4.69, 9.17) is 9.26 Å². The fraction of sp³-hybridized carbons (Fsp3) is 0.222. The molecular weight excluding hydrogens is 320 g/mol. The van der Waals surface area contributed by atoms with Crippen LogP contribution in [0, 0.1) is 0 Å². The van der Waals surface area contributed by atoms with Gasteiger partial charge in [0.1, 0.15) is 5.75 Å². The minimum absolute atomic E-state index is 0.126. The van der Waals surface area contributed by atoms with Crippen molar-refractivity contribution in [2.45, 2.75) is 26.0 Å². The van der Waals surface area contributed by atoms with Crippen LogP contribution in [0.4, 0.5) is 0 Å². The van der Waals surface area contributed by atoms with Crippen molar-refractivity contribution in [1.82, 2.24) is 20.4 Å². The van der Waals surface area contributed by atoms with Crippen LogP contribution in [-0.2, 0) is 12.1 Å². The van der Waals surface area contributed by atoms with Crippen LogP contribution in [0.5, 0.6) is 5.75 Å². The second-order valence-corrected chi connectivity index (χ2v) is 5.93. The Balaban J connectivity index is 1.64. The number of pyridine rings is 1. The van der Waals surface area contributed by atoms with Crippen LogP contribution in [0.15, 0.2) is 59.4 Å². The Labute approximate surface area is 145 Å². The highest BCUT2D eigenvalue weighted by Crippen LogP contribution is 2.18. The number of benzene rings is 1. The van der Waals surface area contributed by atoms with Gasteiger partial charge in [-0.3, -0.25) is 9.78 Å². The average molecular weight is 338 g/mol. The van der Waals surface area contributed by atoms with Gasteiger partial charge in [-0.25, -0.2) is 0 Å². The van der Waals surface area contributed by atoms with Crippen molar-refractivity contribution in [2.75, 3.05) is 0 Å². The summed E-state index contributed by atoms with van der Waals surface area (Å²) in [5.41, 5.74) is -0.220. The fourth-order valence-corrected chi connectivity index (χ4v) is 2.15. The van der Waals surface area contributed by atoms with E-state index in [0.717, 1.165) is 0 Å². The molecule has 1 aromatic carbocycles. The Morgan fingerprint density at radius 2 is 2.00 bits per heavy atom. The first-order valence-corrected chi connectivity index (χ1v) is 7.78. The van der Waals surface area contributed by atoms with Gasteiger partial charge in [-0.05, 0) is 38.1 Å². The number of nitrogens with zero attached hydrogens (tertiary/aromatic N) is 3. The number of rotatable bonds is 6. The number of hydrogen-bond donors (Lipinski definition) is 1. The Morgan fingerprint density at radius 3 is 2.72 bits per heavy atom. The smallest absolute Gasteiger partial charge is 0.264 e. The SMILES string of the molecule is CC(C)(NC(=O)c1ccccc1)c1noc(COc2cccnc2)n1. The first-order chi connectivity index (χ1) is 12.0. The predicted molar refractivity (Wildman–Crippen MR) is 89.8 cm³/mol. The molecule has 0 atom stereocenters. The molecule has 25 heavy (non-hydrogen) atoms. The van der Waals surface area contributed by atoms with Crippen LogP contribution in [0.3, 0.4) is 0 Å². The van der Waals surface area contributed by atoms with Crippen molar-refractivity contribution >= 4 is 5.91 Å². The van der Waals surface area contributed by atoms with Gasteiger partial charge < -0.3 is 14.6 Å². The summed E-state index contributed by atoms with van der Waals surface area (Å²) >= 11 is 0. The molecule has 1 amide bonds. The van der Waals surface area contributed by atoms with Gasteiger partial charge in [0.25, 0.3) is 11.8 Å². The number of carbonyl (C=O) groups is 1. The first kappa shape index (κ1) is 16.6. The Bertz CT molecular complexity index is 832. The molecule has 0 aliphatic heterocycles. The molecule has 0 saturated carbocycles. The summed E-state index contributed by atoms with van der Waals surface area (Å²) in [5, 5.41) is 6.85. The molecule has 0 spiro atoms. The molecule has 7 nitrogen and oxygen atoms in total. The summed E-state index contributed by atoms with van der Waals surface area (Å²) in [6, 6.07) is 12.5. The van der Waals surface area contributed by atoms with E-state index in [-0.39, 0.29) is 12.5 Å². The lowest BCUT2D eigenvalue weighted by molar-refractivity contribution is 0.0907. The van der Waals surface area contributed by atoms with Crippen molar-refractivity contribution in [3.8, 4) is 5.75 Å². The Morgan fingerprint density at radius 1 is 1.20 bits per heavy atom. The highest BCUT2D eigenvalue weighted by molar-refractivity contribution is 5.94.